The van der Waals surface area contributed by atoms with Crippen molar-refractivity contribution in [3.05, 3.63) is 52.3 Å². The van der Waals surface area contributed by atoms with E-state index in [-0.39, 0.29) is 5.91 Å². The Hall–Kier alpha value is -2.18. The first-order chi connectivity index (χ1) is 11.0. The second kappa shape index (κ2) is 6.52. The topological polar surface area (TPSA) is 57.0 Å². The minimum absolute atomic E-state index is 0.130. The molecule has 2 aromatic heterocycles. The molecule has 0 bridgehead atoms. The summed E-state index contributed by atoms with van der Waals surface area (Å²) >= 11 is 7.43. The van der Waals surface area contributed by atoms with Crippen LogP contribution in [0.4, 0.5) is 0 Å². The second-order valence-electron chi connectivity index (χ2n) is 4.92. The van der Waals surface area contributed by atoms with Crippen LogP contribution in [0.2, 0.25) is 5.02 Å². The zero-order valence-corrected chi connectivity index (χ0v) is 14.2. The van der Waals surface area contributed by atoms with Gasteiger partial charge in [0.2, 0.25) is 5.91 Å². The first kappa shape index (κ1) is 15.7. The Morgan fingerprint density at radius 3 is 2.96 bits per heavy atom. The van der Waals surface area contributed by atoms with Crippen molar-refractivity contribution < 1.29 is 9.53 Å². The first-order valence-corrected chi connectivity index (χ1v) is 8.14. The lowest BCUT2D eigenvalue weighted by molar-refractivity contribution is 0.0923. The smallest absolute Gasteiger partial charge is 0.244 e. The van der Waals surface area contributed by atoms with Crippen LogP contribution in [0.5, 0.6) is 5.75 Å². The van der Waals surface area contributed by atoms with Crippen LogP contribution in [-0.2, 0) is 6.61 Å². The molecule has 0 unspecified atom stereocenters. The molecule has 5 nitrogen and oxygen atoms in total. The average molecular weight is 348 g/mol. The van der Waals surface area contributed by atoms with Gasteiger partial charge in [-0.15, -0.1) is 11.3 Å². The lowest BCUT2D eigenvalue weighted by Gasteiger charge is -2.03. The molecule has 0 aliphatic rings. The third-order valence-electron chi connectivity index (χ3n) is 3.17. The molecule has 118 valence electrons. The molecule has 7 heteroatoms. The van der Waals surface area contributed by atoms with E-state index in [0.29, 0.717) is 17.4 Å². The van der Waals surface area contributed by atoms with E-state index < -0.39 is 0 Å². The highest BCUT2D eigenvalue weighted by Gasteiger charge is 2.16. The lowest BCUT2D eigenvalue weighted by atomic mass is 10.3. The molecule has 0 saturated heterocycles. The minimum atomic E-state index is -0.130. The molecule has 0 fully saturated rings. The Morgan fingerprint density at radius 2 is 2.22 bits per heavy atom. The van der Waals surface area contributed by atoms with Gasteiger partial charge >= 0.3 is 0 Å². The molecule has 0 radical (unpaired) electrons. The summed E-state index contributed by atoms with van der Waals surface area (Å²) in [6.07, 6.45) is 1.61. The van der Waals surface area contributed by atoms with Crippen LogP contribution in [0.3, 0.4) is 0 Å². The van der Waals surface area contributed by atoms with Gasteiger partial charge in [-0.05, 0) is 31.2 Å². The second-order valence-corrected chi connectivity index (χ2v) is 6.44. The highest BCUT2D eigenvalue weighted by Crippen LogP contribution is 2.30. The Bertz CT molecular complexity index is 857. The Labute approximate surface area is 142 Å². The summed E-state index contributed by atoms with van der Waals surface area (Å²) in [7, 11) is 0. The number of ether oxygens (including phenoxy) is 1. The summed E-state index contributed by atoms with van der Waals surface area (Å²) in [5.41, 5.74) is 1.60. The summed E-state index contributed by atoms with van der Waals surface area (Å²) in [6, 6.07) is 9.04. The van der Waals surface area contributed by atoms with Gasteiger partial charge in [0, 0.05) is 11.9 Å². The summed E-state index contributed by atoms with van der Waals surface area (Å²) < 4.78 is 7.09. The lowest BCUT2D eigenvalue weighted by Crippen LogP contribution is -2.08. The minimum Gasteiger partial charge on any atom is -0.486 e. The summed E-state index contributed by atoms with van der Waals surface area (Å²) in [5, 5.41) is 5.50. The van der Waals surface area contributed by atoms with Crippen molar-refractivity contribution in [2.45, 2.75) is 20.5 Å². The molecular formula is C16H14ClN3O2S. The third kappa shape index (κ3) is 3.43. The summed E-state index contributed by atoms with van der Waals surface area (Å²) in [4.78, 5) is 17.0. The van der Waals surface area contributed by atoms with E-state index in [1.165, 1.54) is 22.9 Å². The quantitative estimate of drug-likeness (QED) is 0.709. The van der Waals surface area contributed by atoms with Crippen LogP contribution in [0, 0.1) is 6.92 Å². The normalized spacial score (nSPS) is 10.7. The van der Waals surface area contributed by atoms with Crippen molar-refractivity contribution in [3.8, 4) is 16.3 Å². The van der Waals surface area contributed by atoms with Crippen LogP contribution in [0.15, 0.2) is 36.5 Å². The van der Waals surface area contributed by atoms with Gasteiger partial charge in [-0.3, -0.25) is 4.79 Å². The SMILES string of the molecule is CC(=O)n1nccc1-c1sc(COc2cccc(Cl)c2)nc1C. The number of benzene rings is 1. The van der Waals surface area contributed by atoms with Gasteiger partial charge in [0.1, 0.15) is 17.4 Å². The maximum Gasteiger partial charge on any atom is 0.244 e. The Balaban J connectivity index is 1.81. The molecule has 0 aliphatic heterocycles. The van der Waals surface area contributed by atoms with Crippen LogP contribution < -0.4 is 4.74 Å². The maximum absolute atomic E-state index is 11.6. The van der Waals surface area contributed by atoms with Gasteiger partial charge < -0.3 is 4.74 Å². The number of carbonyl (C=O) groups excluding carboxylic acids is 1. The summed E-state index contributed by atoms with van der Waals surface area (Å²) in [6.45, 7) is 3.74. The van der Waals surface area contributed by atoms with Gasteiger partial charge in [0.05, 0.1) is 22.5 Å². The molecule has 3 aromatic rings. The number of carbonyl (C=O) groups is 1. The number of aryl methyl sites for hydroxylation is 1. The molecule has 0 aliphatic carbocycles. The van der Waals surface area contributed by atoms with Crippen LogP contribution in [0.25, 0.3) is 10.6 Å². The monoisotopic (exact) mass is 347 g/mol. The molecule has 1 aromatic carbocycles. The van der Waals surface area contributed by atoms with E-state index in [1.54, 1.807) is 18.3 Å². The number of hydrogen-bond donors (Lipinski definition) is 0. The fourth-order valence-electron chi connectivity index (χ4n) is 2.18. The van der Waals surface area contributed by atoms with Crippen LogP contribution in [-0.4, -0.2) is 20.7 Å². The Morgan fingerprint density at radius 1 is 1.39 bits per heavy atom. The zero-order valence-electron chi connectivity index (χ0n) is 12.6. The van der Waals surface area contributed by atoms with Crippen molar-refractivity contribution in [2.24, 2.45) is 0 Å². The number of rotatable bonds is 4. The van der Waals surface area contributed by atoms with Crippen molar-refractivity contribution in [1.29, 1.82) is 0 Å². The molecule has 23 heavy (non-hydrogen) atoms. The number of thiazole rings is 1. The fraction of sp³-hybridized carbons (Fsp3) is 0.188. The highest BCUT2D eigenvalue weighted by molar-refractivity contribution is 7.15. The van der Waals surface area contributed by atoms with Crippen molar-refractivity contribution in [2.75, 3.05) is 0 Å². The van der Waals surface area contributed by atoms with E-state index in [4.69, 9.17) is 16.3 Å². The predicted octanol–water partition coefficient (Wildman–Crippen LogP) is 4.21. The molecular weight excluding hydrogens is 334 g/mol. The molecule has 0 N–H and O–H groups in total. The van der Waals surface area contributed by atoms with E-state index in [1.807, 2.05) is 25.1 Å². The van der Waals surface area contributed by atoms with E-state index in [0.717, 1.165) is 21.3 Å². The van der Waals surface area contributed by atoms with Crippen molar-refractivity contribution in [1.82, 2.24) is 14.8 Å². The van der Waals surface area contributed by atoms with Crippen molar-refractivity contribution >= 4 is 28.8 Å². The molecule has 0 amide bonds. The molecule has 0 saturated carbocycles. The zero-order chi connectivity index (χ0) is 16.4. The van der Waals surface area contributed by atoms with Gasteiger partial charge in [-0.1, -0.05) is 17.7 Å². The molecule has 3 rings (SSSR count). The number of halogens is 1. The van der Waals surface area contributed by atoms with E-state index in [9.17, 15) is 4.79 Å². The largest absolute Gasteiger partial charge is 0.486 e. The van der Waals surface area contributed by atoms with Crippen molar-refractivity contribution in [3.63, 3.8) is 0 Å². The van der Waals surface area contributed by atoms with E-state index in [2.05, 4.69) is 10.1 Å². The number of nitrogens with zero attached hydrogens (tertiary/aromatic N) is 3. The van der Waals surface area contributed by atoms with Gasteiger partial charge in [-0.25, -0.2) is 4.98 Å². The summed E-state index contributed by atoms with van der Waals surface area (Å²) in [5.74, 6) is 0.565. The third-order valence-corrected chi connectivity index (χ3v) is 4.56. The number of hydrogen-bond acceptors (Lipinski definition) is 5. The van der Waals surface area contributed by atoms with Gasteiger partial charge in [0.25, 0.3) is 0 Å². The average Bonchev–Trinajstić information content (AvgIpc) is 3.11. The van der Waals surface area contributed by atoms with Crippen LogP contribution in [0.1, 0.15) is 22.4 Å². The molecule has 2 heterocycles. The molecule has 0 atom stereocenters. The predicted molar refractivity (Wildman–Crippen MR) is 90.2 cm³/mol. The maximum atomic E-state index is 11.6. The first-order valence-electron chi connectivity index (χ1n) is 6.94. The highest BCUT2D eigenvalue weighted by atomic mass is 35.5. The fourth-order valence-corrected chi connectivity index (χ4v) is 3.35. The molecule has 0 spiro atoms. The Kier molecular flexibility index (Phi) is 4.45. The van der Waals surface area contributed by atoms with Crippen LogP contribution >= 0.6 is 22.9 Å². The van der Waals surface area contributed by atoms with E-state index >= 15 is 0 Å². The standard InChI is InChI=1S/C16H14ClN3O2S/c1-10-16(14-6-7-18-20(14)11(2)21)23-15(19-10)9-22-13-5-3-4-12(17)8-13/h3-8H,9H2,1-2H3. The van der Waals surface area contributed by atoms with Gasteiger partial charge in [-0.2, -0.15) is 9.78 Å². The van der Waals surface area contributed by atoms with Gasteiger partial charge in [0.15, 0.2) is 0 Å². The number of aromatic nitrogens is 3.